The molecule has 3 aromatic rings. The van der Waals surface area contributed by atoms with Crippen molar-refractivity contribution in [3.05, 3.63) is 58.4 Å². The topological polar surface area (TPSA) is 36.7 Å². The Morgan fingerprint density at radius 2 is 2.00 bits per heavy atom. The molecule has 0 aliphatic heterocycles. The van der Waals surface area contributed by atoms with Crippen LogP contribution in [0.5, 0.6) is 0 Å². The van der Waals surface area contributed by atoms with E-state index < -0.39 is 0 Å². The Balaban J connectivity index is 2.23. The van der Waals surface area contributed by atoms with Crippen LogP contribution >= 0.6 is 34.7 Å². The molecule has 3 rings (SSSR count). The van der Waals surface area contributed by atoms with Gasteiger partial charge in [0.2, 0.25) is 0 Å². The number of pyridine rings is 1. The first-order valence-corrected chi connectivity index (χ1v) is 9.00. The molecule has 2 aromatic heterocycles. The summed E-state index contributed by atoms with van der Waals surface area (Å²) in [6.45, 7) is 0. The zero-order valence-electron chi connectivity index (χ0n) is 11.7. The van der Waals surface area contributed by atoms with Crippen LogP contribution in [0.3, 0.4) is 0 Å². The molecule has 0 amide bonds. The highest BCUT2D eigenvalue weighted by molar-refractivity contribution is 7.98. The first-order valence-electron chi connectivity index (χ1n) is 6.52. The van der Waals surface area contributed by atoms with Crippen LogP contribution in [-0.4, -0.2) is 11.2 Å². The van der Waals surface area contributed by atoms with Crippen molar-refractivity contribution in [2.75, 3.05) is 6.26 Å². The van der Waals surface area contributed by atoms with Crippen molar-refractivity contribution in [3.63, 3.8) is 0 Å². The van der Waals surface area contributed by atoms with Crippen molar-refractivity contribution in [1.29, 1.82) is 5.26 Å². The summed E-state index contributed by atoms with van der Waals surface area (Å²) in [6, 6.07) is 15.9. The number of rotatable bonds is 3. The molecule has 0 radical (unpaired) electrons. The number of benzene rings is 1. The van der Waals surface area contributed by atoms with Crippen molar-refractivity contribution in [3.8, 4) is 27.8 Å². The smallest absolute Gasteiger partial charge is 0.115 e. The quantitative estimate of drug-likeness (QED) is 0.571. The minimum Gasteiger partial charge on any atom is -0.240 e. The van der Waals surface area contributed by atoms with E-state index in [4.69, 9.17) is 11.6 Å². The lowest BCUT2D eigenvalue weighted by Crippen LogP contribution is -1.94. The standard InChI is InChI=1S/C17H11ClN2S2/c1-21-17-14(10-19)13(16-3-2-8-22-16)9-15(20-17)11-4-6-12(18)7-5-11/h2-9H,1H3. The van der Waals surface area contributed by atoms with Crippen molar-refractivity contribution in [2.45, 2.75) is 5.03 Å². The van der Waals surface area contributed by atoms with Gasteiger partial charge in [-0.25, -0.2) is 4.98 Å². The number of thiophene rings is 1. The number of hydrogen-bond donors (Lipinski definition) is 0. The molecule has 0 aliphatic carbocycles. The number of nitriles is 1. The second-order valence-corrected chi connectivity index (χ2v) is 6.71. The first-order chi connectivity index (χ1) is 10.7. The molecule has 0 unspecified atom stereocenters. The van der Waals surface area contributed by atoms with Crippen LogP contribution in [0.2, 0.25) is 5.02 Å². The number of thioether (sulfide) groups is 1. The number of aromatic nitrogens is 1. The molecule has 5 heteroatoms. The van der Waals surface area contributed by atoms with Crippen LogP contribution in [0.1, 0.15) is 5.56 Å². The third-order valence-electron chi connectivity index (χ3n) is 3.22. The van der Waals surface area contributed by atoms with Gasteiger partial charge in [-0.15, -0.1) is 23.1 Å². The Hall–Kier alpha value is -1.80. The Bertz CT molecular complexity index is 834. The zero-order valence-corrected chi connectivity index (χ0v) is 14.1. The maximum Gasteiger partial charge on any atom is 0.115 e. The second-order valence-electron chi connectivity index (χ2n) is 4.54. The monoisotopic (exact) mass is 342 g/mol. The van der Waals surface area contributed by atoms with Gasteiger partial charge in [0.15, 0.2) is 0 Å². The minimum absolute atomic E-state index is 0.632. The predicted molar refractivity (Wildman–Crippen MR) is 94.5 cm³/mol. The summed E-state index contributed by atoms with van der Waals surface area (Å²) in [4.78, 5) is 5.71. The van der Waals surface area contributed by atoms with E-state index in [2.05, 4.69) is 11.1 Å². The van der Waals surface area contributed by atoms with Crippen LogP contribution in [-0.2, 0) is 0 Å². The Kier molecular flexibility index (Phi) is 4.49. The highest BCUT2D eigenvalue weighted by Crippen LogP contribution is 2.35. The molecule has 0 bridgehead atoms. The van der Waals surface area contributed by atoms with E-state index in [0.29, 0.717) is 10.6 Å². The summed E-state index contributed by atoms with van der Waals surface area (Å²) < 4.78 is 0. The molecule has 2 nitrogen and oxygen atoms in total. The molecular formula is C17H11ClN2S2. The van der Waals surface area contributed by atoms with E-state index >= 15 is 0 Å². The lowest BCUT2D eigenvalue weighted by molar-refractivity contribution is 1.12. The summed E-state index contributed by atoms with van der Waals surface area (Å²) >= 11 is 9.06. The van der Waals surface area contributed by atoms with Crippen LogP contribution in [0, 0.1) is 11.3 Å². The molecule has 0 aliphatic rings. The molecule has 0 atom stereocenters. The van der Waals surface area contributed by atoms with Gasteiger partial charge in [0.1, 0.15) is 11.1 Å². The average molecular weight is 343 g/mol. The largest absolute Gasteiger partial charge is 0.240 e. The van der Waals surface area contributed by atoms with Gasteiger partial charge in [-0.1, -0.05) is 29.8 Å². The highest BCUT2D eigenvalue weighted by atomic mass is 35.5. The van der Waals surface area contributed by atoms with Gasteiger partial charge in [0, 0.05) is 21.0 Å². The third-order valence-corrected chi connectivity index (χ3v) is 5.06. The van der Waals surface area contributed by atoms with E-state index in [1.807, 2.05) is 54.1 Å². The predicted octanol–water partition coefficient (Wildman–Crippen LogP) is 5.72. The minimum atomic E-state index is 0.632. The van der Waals surface area contributed by atoms with Crippen molar-refractivity contribution >= 4 is 34.7 Å². The fourth-order valence-corrected chi connectivity index (χ4v) is 3.60. The maximum atomic E-state index is 9.51. The first kappa shape index (κ1) is 15.1. The molecule has 1 aromatic carbocycles. The van der Waals surface area contributed by atoms with Gasteiger partial charge in [-0.3, -0.25) is 0 Å². The highest BCUT2D eigenvalue weighted by Gasteiger charge is 2.15. The number of nitrogens with zero attached hydrogens (tertiary/aromatic N) is 2. The van der Waals surface area contributed by atoms with E-state index in [1.54, 1.807) is 11.3 Å². The van der Waals surface area contributed by atoms with Crippen molar-refractivity contribution < 1.29 is 0 Å². The van der Waals surface area contributed by atoms with E-state index in [9.17, 15) is 5.26 Å². The Morgan fingerprint density at radius 3 is 2.59 bits per heavy atom. The van der Waals surface area contributed by atoms with Gasteiger partial charge in [0.25, 0.3) is 0 Å². The summed E-state index contributed by atoms with van der Waals surface area (Å²) in [6.07, 6.45) is 1.94. The van der Waals surface area contributed by atoms with Gasteiger partial charge in [-0.05, 0) is 35.9 Å². The lowest BCUT2D eigenvalue weighted by atomic mass is 10.0. The van der Waals surface area contributed by atoms with E-state index in [1.165, 1.54) is 11.8 Å². The lowest BCUT2D eigenvalue weighted by Gasteiger charge is -2.10. The van der Waals surface area contributed by atoms with Crippen LogP contribution in [0.15, 0.2) is 52.9 Å². The van der Waals surface area contributed by atoms with Crippen LogP contribution in [0.4, 0.5) is 0 Å². The molecular weight excluding hydrogens is 332 g/mol. The molecule has 0 saturated carbocycles. The number of hydrogen-bond acceptors (Lipinski definition) is 4. The molecule has 2 heterocycles. The van der Waals surface area contributed by atoms with Gasteiger partial charge < -0.3 is 0 Å². The Labute approximate surface area is 142 Å². The van der Waals surface area contributed by atoms with Crippen molar-refractivity contribution in [2.24, 2.45) is 0 Å². The molecule has 0 fully saturated rings. The molecule has 0 N–H and O–H groups in total. The van der Waals surface area contributed by atoms with Gasteiger partial charge in [0.05, 0.1) is 11.3 Å². The van der Waals surface area contributed by atoms with Crippen LogP contribution < -0.4 is 0 Å². The summed E-state index contributed by atoms with van der Waals surface area (Å²) in [5, 5.41) is 13.0. The number of halogens is 1. The van der Waals surface area contributed by atoms with E-state index in [0.717, 1.165) is 26.7 Å². The zero-order chi connectivity index (χ0) is 15.5. The van der Waals surface area contributed by atoms with Crippen molar-refractivity contribution in [1.82, 2.24) is 4.98 Å². The fraction of sp³-hybridized carbons (Fsp3) is 0.0588. The summed E-state index contributed by atoms with van der Waals surface area (Å²) in [5.41, 5.74) is 3.40. The molecule has 0 spiro atoms. The van der Waals surface area contributed by atoms with E-state index in [-0.39, 0.29) is 0 Å². The van der Waals surface area contributed by atoms with Gasteiger partial charge >= 0.3 is 0 Å². The van der Waals surface area contributed by atoms with Crippen LogP contribution in [0.25, 0.3) is 21.7 Å². The SMILES string of the molecule is CSc1nc(-c2ccc(Cl)cc2)cc(-c2cccs2)c1C#N. The van der Waals surface area contributed by atoms with Gasteiger partial charge in [-0.2, -0.15) is 5.26 Å². The average Bonchev–Trinajstić information content (AvgIpc) is 3.08. The normalized spacial score (nSPS) is 10.4. The second kappa shape index (κ2) is 6.53. The molecule has 108 valence electrons. The Morgan fingerprint density at radius 1 is 1.23 bits per heavy atom. The third kappa shape index (κ3) is 2.89. The maximum absolute atomic E-state index is 9.51. The summed E-state index contributed by atoms with van der Waals surface area (Å²) in [5.74, 6) is 0. The molecule has 0 saturated heterocycles. The molecule has 22 heavy (non-hydrogen) atoms. The fourth-order valence-electron chi connectivity index (χ4n) is 2.17. The summed E-state index contributed by atoms with van der Waals surface area (Å²) in [7, 11) is 0.